The van der Waals surface area contributed by atoms with Crippen LogP contribution in [0.5, 0.6) is 28.7 Å². The van der Waals surface area contributed by atoms with E-state index < -0.39 is 22.5 Å². The van der Waals surface area contributed by atoms with Gasteiger partial charge in [-0.2, -0.15) is 0 Å². The van der Waals surface area contributed by atoms with Crippen molar-refractivity contribution in [3.05, 3.63) is 73.3 Å². The molecule has 0 aliphatic carbocycles. The fraction of sp³-hybridized carbons (Fsp3) is 0.222. The number of methoxy groups -OCH3 is 4. The summed E-state index contributed by atoms with van der Waals surface area (Å²) in [7, 11) is 1.40. The summed E-state index contributed by atoms with van der Waals surface area (Å²) >= 11 is 0. The molecular formula is C27H30N2O8S. The summed E-state index contributed by atoms with van der Waals surface area (Å²) in [5, 5.41) is 2.72. The molecule has 0 aliphatic rings. The molecule has 0 aliphatic heterocycles. The third-order valence-corrected chi connectivity index (χ3v) is 7.15. The van der Waals surface area contributed by atoms with E-state index in [4.69, 9.17) is 23.7 Å². The lowest BCUT2D eigenvalue weighted by Crippen LogP contribution is -2.38. The van der Waals surface area contributed by atoms with Gasteiger partial charge < -0.3 is 29.0 Å². The van der Waals surface area contributed by atoms with Crippen LogP contribution in [-0.4, -0.2) is 55.9 Å². The summed E-state index contributed by atoms with van der Waals surface area (Å²) in [6, 6.07) is 15.5. The number of benzene rings is 3. The van der Waals surface area contributed by atoms with Crippen LogP contribution in [0.1, 0.15) is 0 Å². The number of ether oxygens (including phenoxy) is 5. The van der Waals surface area contributed by atoms with Gasteiger partial charge in [-0.05, 0) is 48.5 Å². The minimum absolute atomic E-state index is 0.114. The number of hydrogen-bond donors (Lipinski definition) is 1. The normalized spacial score (nSPS) is 10.7. The smallest absolute Gasteiger partial charge is 0.265 e. The molecule has 11 heteroatoms. The van der Waals surface area contributed by atoms with Crippen molar-refractivity contribution in [1.29, 1.82) is 0 Å². The zero-order valence-electron chi connectivity index (χ0n) is 21.6. The first-order valence-corrected chi connectivity index (χ1v) is 12.8. The molecule has 202 valence electrons. The maximum Gasteiger partial charge on any atom is 0.265 e. The van der Waals surface area contributed by atoms with Crippen LogP contribution in [-0.2, 0) is 14.8 Å². The second-order valence-electron chi connectivity index (χ2n) is 7.74. The lowest BCUT2D eigenvalue weighted by molar-refractivity contribution is -0.114. The van der Waals surface area contributed by atoms with Gasteiger partial charge in [0.2, 0.25) is 5.91 Å². The molecule has 3 rings (SSSR count). The molecule has 0 radical (unpaired) electrons. The van der Waals surface area contributed by atoms with E-state index in [2.05, 4.69) is 11.9 Å². The zero-order chi connectivity index (χ0) is 27.7. The average molecular weight is 543 g/mol. The number of amides is 1. The van der Waals surface area contributed by atoms with Crippen LogP contribution >= 0.6 is 0 Å². The van der Waals surface area contributed by atoms with E-state index in [0.29, 0.717) is 29.5 Å². The van der Waals surface area contributed by atoms with Crippen LogP contribution in [0.4, 0.5) is 11.4 Å². The minimum Gasteiger partial charge on any atom is -0.497 e. The molecule has 3 aromatic carbocycles. The van der Waals surface area contributed by atoms with E-state index in [-0.39, 0.29) is 22.1 Å². The van der Waals surface area contributed by atoms with Gasteiger partial charge in [0.15, 0.2) is 11.5 Å². The Morgan fingerprint density at radius 2 is 1.47 bits per heavy atom. The minimum atomic E-state index is -4.30. The van der Waals surface area contributed by atoms with Gasteiger partial charge in [0.1, 0.15) is 30.4 Å². The highest BCUT2D eigenvalue weighted by atomic mass is 32.2. The van der Waals surface area contributed by atoms with Crippen molar-refractivity contribution in [3.63, 3.8) is 0 Å². The van der Waals surface area contributed by atoms with Gasteiger partial charge in [0.25, 0.3) is 10.0 Å². The highest BCUT2D eigenvalue weighted by Gasteiger charge is 2.31. The fourth-order valence-corrected chi connectivity index (χ4v) is 4.96. The maximum absolute atomic E-state index is 13.9. The molecule has 0 bridgehead atoms. The summed E-state index contributed by atoms with van der Waals surface area (Å²) < 4.78 is 55.5. The summed E-state index contributed by atoms with van der Waals surface area (Å²) in [5.41, 5.74) is 0.576. The van der Waals surface area contributed by atoms with E-state index in [1.165, 1.54) is 52.7 Å². The lowest BCUT2D eigenvalue weighted by atomic mass is 10.2. The fourth-order valence-electron chi connectivity index (χ4n) is 3.52. The molecule has 0 fully saturated rings. The van der Waals surface area contributed by atoms with E-state index in [1.54, 1.807) is 42.5 Å². The number of sulfonamides is 1. The second-order valence-corrected chi connectivity index (χ2v) is 9.60. The molecule has 0 spiro atoms. The molecule has 3 aromatic rings. The molecule has 38 heavy (non-hydrogen) atoms. The van der Waals surface area contributed by atoms with Crippen molar-refractivity contribution in [2.24, 2.45) is 0 Å². The predicted octanol–water partition coefficient (Wildman–Crippen LogP) is 4.12. The van der Waals surface area contributed by atoms with Crippen molar-refractivity contribution in [2.75, 3.05) is 51.2 Å². The Balaban J connectivity index is 2.01. The van der Waals surface area contributed by atoms with Gasteiger partial charge in [-0.25, -0.2) is 8.42 Å². The monoisotopic (exact) mass is 542 g/mol. The Morgan fingerprint density at radius 1 is 0.842 bits per heavy atom. The van der Waals surface area contributed by atoms with E-state index in [9.17, 15) is 13.2 Å². The molecular weight excluding hydrogens is 512 g/mol. The van der Waals surface area contributed by atoms with Crippen molar-refractivity contribution in [1.82, 2.24) is 0 Å². The highest BCUT2D eigenvalue weighted by Crippen LogP contribution is 2.37. The first kappa shape index (κ1) is 28.2. The van der Waals surface area contributed by atoms with E-state index >= 15 is 0 Å². The molecule has 0 atom stereocenters. The molecule has 10 nitrogen and oxygen atoms in total. The summed E-state index contributed by atoms with van der Waals surface area (Å²) in [4.78, 5) is 13.0. The van der Waals surface area contributed by atoms with Crippen LogP contribution in [0, 0.1) is 0 Å². The molecule has 0 unspecified atom stereocenters. The van der Waals surface area contributed by atoms with E-state index in [0.717, 1.165) is 4.31 Å². The van der Waals surface area contributed by atoms with Crippen LogP contribution in [0.2, 0.25) is 0 Å². The number of carbonyl (C=O) groups is 1. The average Bonchev–Trinajstić information content (AvgIpc) is 2.94. The van der Waals surface area contributed by atoms with Crippen molar-refractivity contribution < 1.29 is 36.9 Å². The zero-order valence-corrected chi connectivity index (χ0v) is 22.4. The first-order valence-electron chi connectivity index (χ1n) is 11.4. The van der Waals surface area contributed by atoms with Crippen LogP contribution in [0.3, 0.4) is 0 Å². The summed E-state index contributed by atoms with van der Waals surface area (Å²) in [6.45, 7) is 3.39. The van der Waals surface area contributed by atoms with E-state index in [1.807, 2.05) is 0 Å². The molecule has 0 saturated carbocycles. The topological polar surface area (TPSA) is 113 Å². The lowest BCUT2D eigenvalue weighted by Gasteiger charge is -2.26. The third-order valence-electron chi connectivity index (χ3n) is 5.39. The first-order chi connectivity index (χ1) is 18.3. The Bertz CT molecular complexity index is 1370. The summed E-state index contributed by atoms with van der Waals surface area (Å²) in [6.07, 6.45) is 1.62. The van der Waals surface area contributed by atoms with Crippen molar-refractivity contribution >= 4 is 27.3 Å². The maximum atomic E-state index is 13.9. The molecule has 1 N–H and O–H groups in total. The molecule has 1 amide bonds. The number of rotatable bonds is 13. The largest absolute Gasteiger partial charge is 0.497 e. The standard InChI is InChI=1S/C27H30N2O8S/c1-6-15-37-20-9-7-19(8-10-20)28-27(30)18-29(23-16-21(33-2)11-13-24(23)34-3)38(31,32)22-12-14-25(35-4)26(17-22)36-5/h6-14,16-17H,1,15,18H2,2-5H3,(H,28,30). The van der Waals surface area contributed by atoms with Crippen molar-refractivity contribution in [2.45, 2.75) is 4.90 Å². The summed E-state index contributed by atoms with van der Waals surface area (Å²) in [5.74, 6) is 1.19. The number of carbonyl (C=O) groups excluding carboxylic acids is 1. The number of nitrogens with zero attached hydrogens (tertiary/aromatic N) is 1. The van der Waals surface area contributed by atoms with Gasteiger partial charge in [0.05, 0.1) is 39.0 Å². The second kappa shape index (κ2) is 12.7. The number of anilines is 2. The Morgan fingerprint density at radius 3 is 2.08 bits per heavy atom. The van der Waals surface area contributed by atoms with Crippen LogP contribution in [0.25, 0.3) is 0 Å². The number of hydrogen-bond acceptors (Lipinski definition) is 8. The van der Waals surface area contributed by atoms with Gasteiger partial charge >= 0.3 is 0 Å². The van der Waals surface area contributed by atoms with Gasteiger partial charge in [-0.15, -0.1) is 0 Å². The molecule has 0 saturated heterocycles. The SMILES string of the molecule is C=CCOc1ccc(NC(=O)CN(c2cc(OC)ccc2OC)S(=O)(=O)c2ccc(OC)c(OC)c2)cc1. The quantitative estimate of drug-likeness (QED) is 0.321. The third kappa shape index (κ3) is 6.48. The Hall–Kier alpha value is -4.38. The highest BCUT2D eigenvalue weighted by molar-refractivity contribution is 7.92. The predicted molar refractivity (Wildman–Crippen MR) is 144 cm³/mol. The Labute approximate surface area is 222 Å². The van der Waals surface area contributed by atoms with Gasteiger partial charge in [-0.1, -0.05) is 12.7 Å². The van der Waals surface area contributed by atoms with Crippen molar-refractivity contribution in [3.8, 4) is 28.7 Å². The van der Waals surface area contributed by atoms with Crippen LogP contribution < -0.4 is 33.3 Å². The van der Waals surface area contributed by atoms with Gasteiger partial charge in [0, 0.05) is 17.8 Å². The van der Waals surface area contributed by atoms with Crippen LogP contribution in [0.15, 0.2) is 78.2 Å². The number of nitrogens with one attached hydrogen (secondary N) is 1. The molecule has 0 heterocycles. The molecule has 0 aromatic heterocycles. The Kier molecular flexibility index (Phi) is 9.44. The van der Waals surface area contributed by atoms with Gasteiger partial charge in [-0.3, -0.25) is 9.10 Å².